The largest absolute Gasteiger partial charge is 0.269 e. The molecule has 0 aromatic heterocycles. The minimum Gasteiger partial charge on any atom is -0.269 e. The molecule has 0 saturated heterocycles. The summed E-state index contributed by atoms with van der Waals surface area (Å²) < 4.78 is 0. The maximum Gasteiger partial charge on any atom is -0.0473 e. The van der Waals surface area contributed by atoms with E-state index in [-0.39, 0.29) is 37.6 Å². The molecule has 0 heterocycles. The van der Waals surface area contributed by atoms with Gasteiger partial charge >= 0.3 is 0 Å². The summed E-state index contributed by atoms with van der Waals surface area (Å²) >= 11 is 0. The van der Waals surface area contributed by atoms with Gasteiger partial charge in [-0.3, -0.25) is 37.6 Å². The van der Waals surface area contributed by atoms with Crippen molar-refractivity contribution in [3.8, 4) is 0 Å². The van der Waals surface area contributed by atoms with Gasteiger partial charge in [0.25, 0.3) is 0 Å². The summed E-state index contributed by atoms with van der Waals surface area (Å²) in [5.74, 6) is 0. The molecule has 0 spiro atoms. The standard InChI is InChI=1S/8C3H6.8FH/c8*1-3-2;;;;;;;;/h8*3H,1H2,2H3;8*1H. The third kappa shape index (κ3) is 2730. The first-order valence-electron chi connectivity index (χ1n) is 7.88. The maximum atomic E-state index is 3.36. The predicted octanol–water partition coefficient (Wildman–Crippen LogP) is 10.8. The van der Waals surface area contributed by atoms with E-state index in [2.05, 4.69) is 52.6 Å². The van der Waals surface area contributed by atoms with Crippen LogP contribution >= 0.6 is 0 Å². The molecule has 0 atom stereocenters. The molecule has 0 unspecified atom stereocenters. The monoisotopic (exact) mass is 496 g/mol. The highest BCUT2D eigenvalue weighted by Gasteiger charge is 1.17. The highest BCUT2D eigenvalue weighted by atomic mass is 19.0. The lowest BCUT2D eigenvalue weighted by molar-refractivity contribution is 1.11. The van der Waals surface area contributed by atoms with Gasteiger partial charge in [0.2, 0.25) is 0 Å². The van der Waals surface area contributed by atoms with E-state index in [4.69, 9.17) is 0 Å². The van der Waals surface area contributed by atoms with Crippen LogP contribution in [-0.4, -0.2) is 0 Å². The quantitative estimate of drug-likeness (QED) is 0.231. The number of allylic oxidation sites excluding steroid dienone is 8. The van der Waals surface area contributed by atoms with E-state index in [0.29, 0.717) is 0 Å². The van der Waals surface area contributed by atoms with Crippen LogP contribution < -0.4 is 0 Å². The molecule has 8 heteroatoms. The minimum absolute atomic E-state index is 0. The van der Waals surface area contributed by atoms with E-state index in [1.807, 2.05) is 55.4 Å². The van der Waals surface area contributed by atoms with E-state index in [9.17, 15) is 0 Å². The van der Waals surface area contributed by atoms with Crippen molar-refractivity contribution in [3.63, 3.8) is 0 Å². The SMILES string of the molecule is C=CC.C=CC.C=CC.C=CC.C=CC.C=CC.C=CC.C=CC.F.F.F.F.F.F.F.F. The Balaban J connectivity index is -0.00000000631. The van der Waals surface area contributed by atoms with Crippen LogP contribution in [-0.2, 0) is 0 Å². The van der Waals surface area contributed by atoms with Crippen LogP contribution in [0.4, 0.5) is 37.6 Å². The van der Waals surface area contributed by atoms with Crippen molar-refractivity contribution in [3.05, 3.63) is 101 Å². The van der Waals surface area contributed by atoms with E-state index in [1.54, 1.807) is 48.6 Å². The Morgan fingerprint density at radius 2 is 0.219 bits per heavy atom. The maximum absolute atomic E-state index is 3.36. The van der Waals surface area contributed by atoms with Crippen molar-refractivity contribution in [1.82, 2.24) is 0 Å². The van der Waals surface area contributed by atoms with E-state index >= 15 is 0 Å². The third-order valence-electron chi connectivity index (χ3n) is 0. The molecule has 0 amide bonds. The first kappa shape index (κ1) is 132. The molecular formula is C24H56F8. The zero-order valence-corrected chi connectivity index (χ0v) is 21.5. The normalized spacial score (nSPS) is 3.25. The van der Waals surface area contributed by atoms with Gasteiger partial charge in [0.1, 0.15) is 0 Å². The van der Waals surface area contributed by atoms with Crippen LogP contribution in [0.2, 0.25) is 0 Å². The van der Waals surface area contributed by atoms with E-state index in [1.165, 1.54) is 0 Å². The lowest BCUT2D eigenvalue weighted by Gasteiger charge is -1.31. The molecule has 0 saturated carbocycles. The topological polar surface area (TPSA) is 0 Å². The van der Waals surface area contributed by atoms with Gasteiger partial charge in [-0.15, -0.1) is 52.6 Å². The van der Waals surface area contributed by atoms with Gasteiger partial charge in [-0.25, -0.2) is 0 Å². The predicted molar refractivity (Wildman–Crippen MR) is 147 cm³/mol. The summed E-state index contributed by atoms with van der Waals surface area (Å²) in [6.07, 6.45) is 14.0. The van der Waals surface area contributed by atoms with E-state index < -0.39 is 0 Å². The Kier molecular flexibility index (Phi) is 3060. The smallest absolute Gasteiger partial charge is 0.0473 e. The Hall–Kier alpha value is -2.64. The minimum atomic E-state index is 0. The van der Waals surface area contributed by atoms with Crippen LogP contribution in [0.5, 0.6) is 0 Å². The van der Waals surface area contributed by atoms with Crippen LogP contribution in [0.15, 0.2) is 101 Å². The van der Waals surface area contributed by atoms with Crippen molar-refractivity contribution in [1.29, 1.82) is 0 Å². The van der Waals surface area contributed by atoms with Crippen LogP contribution in [0, 0.1) is 0 Å². The Bertz CT molecular complexity index is 158. The third-order valence-corrected chi connectivity index (χ3v) is 0. The van der Waals surface area contributed by atoms with Crippen LogP contribution in [0.1, 0.15) is 55.4 Å². The average Bonchev–Trinajstić information content (AvgIpc) is 2.45. The fourth-order valence-corrected chi connectivity index (χ4v) is 0. The average molecular weight is 497 g/mol. The van der Waals surface area contributed by atoms with Crippen molar-refractivity contribution in [2.75, 3.05) is 0 Å². The Morgan fingerprint density at radius 3 is 0.219 bits per heavy atom. The van der Waals surface area contributed by atoms with Gasteiger partial charge in [-0.05, 0) is 55.4 Å². The molecule has 0 aromatic carbocycles. The molecule has 0 radical (unpaired) electrons. The fourth-order valence-electron chi connectivity index (χ4n) is 0. The van der Waals surface area contributed by atoms with Crippen molar-refractivity contribution < 1.29 is 37.6 Å². The van der Waals surface area contributed by atoms with Gasteiger partial charge < -0.3 is 0 Å². The first-order chi connectivity index (χ1) is 11.3. The van der Waals surface area contributed by atoms with Gasteiger partial charge in [-0.2, -0.15) is 0 Å². The summed E-state index contributed by atoms with van der Waals surface area (Å²) in [4.78, 5) is 0. The molecule has 32 heavy (non-hydrogen) atoms. The molecule has 0 aromatic rings. The summed E-state index contributed by atoms with van der Waals surface area (Å²) in [7, 11) is 0. The van der Waals surface area contributed by atoms with Crippen LogP contribution in [0.25, 0.3) is 0 Å². The summed E-state index contributed by atoms with van der Waals surface area (Å²) in [6, 6.07) is 0. The van der Waals surface area contributed by atoms with Crippen molar-refractivity contribution >= 4 is 0 Å². The molecule has 0 N–H and O–H groups in total. The lowest BCUT2D eigenvalue weighted by atomic mass is 10.8. The number of rotatable bonds is 0. The van der Waals surface area contributed by atoms with Crippen LogP contribution in [0.3, 0.4) is 0 Å². The molecule has 0 aliphatic carbocycles. The second kappa shape index (κ2) is 739. The summed E-state index contributed by atoms with van der Waals surface area (Å²) in [6.45, 7) is 42.0. The fraction of sp³-hybridized carbons (Fsp3) is 0.333. The Labute approximate surface area is 194 Å². The summed E-state index contributed by atoms with van der Waals surface area (Å²) in [5.41, 5.74) is 0. The molecule has 0 bridgehead atoms. The van der Waals surface area contributed by atoms with E-state index in [0.717, 1.165) is 0 Å². The zero-order chi connectivity index (χ0) is 21.7. The van der Waals surface area contributed by atoms with Gasteiger partial charge in [0.15, 0.2) is 0 Å². The second-order valence-electron chi connectivity index (χ2n) is 3.27. The molecule has 0 nitrogen and oxygen atoms in total. The molecule has 208 valence electrons. The number of hydrogen-bond acceptors (Lipinski definition) is 0. The number of halogens is 8. The Morgan fingerprint density at radius 1 is 0.219 bits per heavy atom. The number of hydrogen-bond donors (Lipinski definition) is 0. The molecule has 0 aliphatic rings. The highest BCUT2D eigenvalue weighted by Crippen LogP contribution is 1.40. The van der Waals surface area contributed by atoms with Crippen molar-refractivity contribution in [2.45, 2.75) is 55.4 Å². The zero-order valence-electron chi connectivity index (χ0n) is 21.5. The lowest BCUT2D eigenvalue weighted by Crippen LogP contribution is -1.07. The first-order valence-corrected chi connectivity index (χ1v) is 7.88. The van der Waals surface area contributed by atoms with Gasteiger partial charge in [-0.1, -0.05) is 48.6 Å². The molecule has 0 rings (SSSR count). The van der Waals surface area contributed by atoms with Gasteiger partial charge in [0, 0.05) is 0 Å². The highest BCUT2D eigenvalue weighted by molar-refractivity contribution is 4.53. The molecule has 0 aliphatic heterocycles. The molecule has 0 fully saturated rings. The van der Waals surface area contributed by atoms with Gasteiger partial charge in [0.05, 0.1) is 0 Å². The second-order valence-corrected chi connectivity index (χ2v) is 3.27. The van der Waals surface area contributed by atoms with Crippen molar-refractivity contribution in [2.24, 2.45) is 0 Å². The molecular weight excluding hydrogens is 440 g/mol. The summed E-state index contributed by atoms with van der Waals surface area (Å²) in [5, 5.41) is 0.